The Morgan fingerprint density at radius 2 is 2.22 bits per heavy atom. The molecule has 18 heavy (non-hydrogen) atoms. The largest absolute Gasteiger partial charge is 0.376 e. The molecule has 2 fully saturated rings. The molecule has 0 amide bonds. The molecule has 1 N–H and O–H groups in total. The van der Waals surface area contributed by atoms with Crippen LogP contribution in [0.15, 0.2) is 0 Å². The standard InChI is InChI=1S/C13H23F2NO2/c1-16-11(12-9-17-5-6-18-12)7-10-3-2-4-13(14,15)8-10/h10-12,16H,2-9H2,1H3. The van der Waals surface area contributed by atoms with Gasteiger partial charge in [-0.1, -0.05) is 0 Å². The van der Waals surface area contributed by atoms with Crippen molar-refractivity contribution in [1.29, 1.82) is 0 Å². The molecule has 1 saturated carbocycles. The van der Waals surface area contributed by atoms with Crippen molar-refractivity contribution in [2.24, 2.45) is 5.92 Å². The maximum Gasteiger partial charge on any atom is 0.248 e. The van der Waals surface area contributed by atoms with E-state index in [2.05, 4.69) is 5.32 Å². The smallest absolute Gasteiger partial charge is 0.248 e. The van der Waals surface area contributed by atoms with Crippen LogP contribution in [0.5, 0.6) is 0 Å². The van der Waals surface area contributed by atoms with Crippen LogP contribution in [0, 0.1) is 5.92 Å². The second-order valence-electron chi connectivity index (χ2n) is 5.43. The number of hydrogen-bond acceptors (Lipinski definition) is 3. The summed E-state index contributed by atoms with van der Waals surface area (Å²) in [5.41, 5.74) is 0. The maximum absolute atomic E-state index is 13.4. The van der Waals surface area contributed by atoms with Crippen molar-refractivity contribution >= 4 is 0 Å². The predicted molar refractivity (Wildman–Crippen MR) is 64.9 cm³/mol. The van der Waals surface area contributed by atoms with Crippen molar-refractivity contribution < 1.29 is 18.3 Å². The van der Waals surface area contributed by atoms with Crippen molar-refractivity contribution in [1.82, 2.24) is 5.32 Å². The van der Waals surface area contributed by atoms with E-state index in [9.17, 15) is 8.78 Å². The summed E-state index contributed by atoms with van der Waals surface area (Å²) in [6.07, 6.45) is 2.37. The number of likely N-dealkylation sites (N-methyl/N-ethyl adjacent to an activating group) is 1. The predicted octanol–water partition coefficient (Wildman–Crippen LogP) is 2.21. The lowest BCUT2D eigenvalue weighted by molar-refractivity contribution is -0.107. The average molecular weight is 263 g/mol. The van der Waals surface area contributed by atoms with Crippen LogP contribution < -0.4 is 5.32 Å². The fourth-order valence-electron chi connectivity index (χ4n) is 3.03. The molecular weight excluding hydrogens is 240 g/mol. The first kappa shape index (κ1) is 14.2. The molecule has 106 valence electrons. The van der Waals surface area contributed by atoms with Gasteiger partial charge < -0.3 is 14.8 Å². The van der Waals surface area contributed by atoms with Crippen LogP contribution in [0.2, 0.25) is 0 Å². The molecule has 0 spiro atoms. The molecule has 0 bridgehead atoms. The van der Waals surface area contributed by atoms with Crippen molar-refractivity contribution in [2.45, 2.75) is 50.2 Å². The van der Waals surface area contributed by atoms with Gasteiger partial charge in [0.2, 0.25) is 5.92 Å². The molecular formula is C13H23F2NO2. The van der Waals surface area contributed by atoms with Gasteiger partial charge in [-0.15, -0.1) is 0 Å². The van der Waals surface area contributed by atoms with Crippen LogP contribution in [0.4, 0.5) is 8.78 Å². The fourth-order valence-corrected chi connectivity index (χ4v) is 3.03. The quantitative estimate of drug-likeness (QED) is 0.843. The first-order valence-corrected chi connectivity index (χ1v) is 6.85. The van der Waals surface area contributed by atoms with Gasteiger partial charge in [0.1, 0.15) is 0 Å². The average Bonchev–Trinajstić information content (AvgIpc) is 2.36. The highest BCUT2D eigenvalue weighted by molar-refractivity contribution is 4.85. The third kappa shape index (κ3) is 3.87. The molecule has 1 aliphatic carbocycles. The molecule has 3 unspecified atom stereocenters. The minimum atomic E-state index is -2.47. The van der Waals surface area contributed by atoms with Gasteiger partial charge in [-0.05, 0) is 32.2 Å². The summed E-state index contributed by atoms with van der Waals surface area (Å²) in [5.74, 6) is -2.37. The van der Waals surface area contributed by atoms with E-state index in [4.69, 9.17) is 9.47 Å². The summed E-state index contributed by atoms with van der Waals surface area (Å²) in [7, 11) is 1.86. The number of halogens is 2. The fraction of sp³-hybridized carbons (Fsp3) is 1.00. The van der Waals surface area contributed by atoms with E-state index < -0.39 is 5.92 Å². The van der Waals surface area contributed by atoms with Crippen molar-refractivity contribution in [2.75, 3.05) is 26.9 Å². The number of nitrogens with one attached hydrogen (secondary N) is 1. The molecule has 3 atom stereocenters. The summed E-state index contributed by atoms with van der Waals surface area (Å²) in [6, 6.07) is 0.115. The van der Waals surface area contributed by atoms with Gasteiger partial charge >= 0.3 is 0 Å². The van der Waals surface area contributed by atoms with Crippen LogP contribution in [0.3, 0.4) is 0 Å². The van der Waals surface area contributed by atoms with Gasteiger partial charge in [0.25, 0.3) is 0 Å². The van der Waals surface area contributed by atoms with E-state index >= 15 is 0 Å². The first-order valence-electron chi connectivity index (χ1n) is 6.85. The third-order valence-electron chi connectivity index (χ3n) is 3.99. The zero-order valence-corrected chi connectivity index (χ0v) is 11.0. The van der Waals surface area contributed by atoms with E-state index in [1.165, 1.54) is 0 Å². The van der Waals surface area contributed by atoms with Gasteiger partial charge in [0, 0.05) is 18.9 Å². The van der Waals surface area contributed by atoms with E-state index in [1.54, 1.807) is 0 Å². The van der Waals surface area contributed by atoms with Crippen LogP contribution in [-0.4, -0.2) is 44.9 Å². The number of alkyl halides is 2. The van der Waals surface area contributed by atoms with Crippen molar-refractivity contribution in [3.8, 4) is 0 Å². The molecule has 0 aromatic rings. The molecule has 1 heterocycles. The molecule has 1 aliphatic heterocycles. The zero-order valence-electron chi connectivity index (χ0n) is 11.0. The minimum Gasteiger partial charge on any atom is -0.376 e. The van der Waals surface area contributed by atoms with E-state index in [0.717, 1.165) is 12.8 Å². The molecule has 0 aromatic heterocycles. The highest BCUT2D eigenvalue weighted by atomic mass is 19.3. The molecule has 0 aromatic carbocycles. The molecule has 1 saturated heterocycles. The summed E-state index contributed by atoms with van der Waals surface area (Å²) < 4.78 is 37.8. The van der Waals surface area contributed by atoms with Crippen molar-refractivity contribution in [3.63, 3.8) is 0 Å². The normalized spacial score (nSPS) is 34.2. The lowest BCUT2D eigenvalue weighted by Gasteiger charge is -2.35. The summed E-state index contributed by atoms with van der Waals surface area (Å²) in [6.45, 7) is 1.80. The Morgan fingerprint density at radius 3 is 2.83 bits per heavy atom. The second kappa shape index (κ2) is 6.26. The highest BCUT2D eigenvalue weighted by Crippen LogP contribution is 2.38. The monoisotopic (exact) mass is 263 g/mol. The Labute approximate surface area is 107 Å². The SMILES string of the molecule is CNC(CC1CCCC(F)(F)C1)C1COCCO1. The molecule has 0 radical (unpaired) electrons. The summed E-state index contributed by atoms with van der Waals surface area (Å²) in [5, 5.41) is 3.20. The van der Waals surface area contributed by atoms with Crippen molar-refractivity contribution in [3.05, 3.63) is 0 Å². The lowest BCUT2D eigenvalue weighted by atomic mass is 9.81. The van der Waals surface area contributed by atoms with Gasteiger partial charge in [0.05, 0.1) is 25.9 Å². The maximum atomic E-state index is 13.4. The van der Waals surface area contributed by atoms with E-state index in [-0.39, 0.29) is 30.9 Å². The van der Waals surface area contributed by atoms with Crippen LogP contribution in [0.25, 0.3) is 0 Å². The summed E-state index contributed by atoms with van der Waals surface area (Å²) >= 11 is 0. The Bertz CT molecular complexity index is 257. The molecule has 5 heteroatoms. The van der Waals surface area contributed by atoms with Crippen LogP contribution >= 0.6 is 0 Å². The molecule has 2 rings (SSSR count). The topological polar surface area (TPSA) is 30.5 Å². The first-order chi connectivity index (χ1) is 8.61. The van der Waals surface area contributed by atoms with Gasteiger partial charge in [-0.25, -0.2) is 8.78 Å². The lowest BCUT2D eigenvalue weighted by Crippen LogP contribution is -2.47. The molecule has 3 nitrogen and oxygen atoms in total. The van der Waals surface area contributed by atoms with Gasteiger partial charge in [0.15, 0.2) is 0 Å². The number of rotatable bonds is 4. The molecule has 2 aliphatic rings. The highest BCUT2D eigenvalue weighted by Gasteiger charge is 2.38. The zero-order chi connectivity index (χ0) is 13.0. The van der Waals surface area contributed by atoms with E-state index in [1.807, 2.05) is 7.05 Å². The van der Waals surface area contributed by atoms with E-state index in [0.29, 0.717) is 26.2 Å². The Balaban J connectivity index is 1.85. The number of ether oxygens (including phenoxy) is 2. The van der Waals surface area contributed by atoms with Gasteiger partial charge in [-0.2, -0.15) is 0 Å². The van der Waals surface area contributed by atoms with Crippen LogP contribution in [0.1, 0.15) is 32.1 Å². The second-order valence-corrected chi connectivity index (χ2v) is 5.43. The minimum absolute atomic E-state index is 0.000649. The Kier molecular flexibility index (Phi) is 4.92. The van der Waals surface area contributed by atoms with Crippen LogP contribution in [-0.2, 0) is 9.47 Å². The van der Waals surface area contributed by atoms with Gasteiger partial charge in [-0.3, -0.25) is 0 Å². The Hall–Kier alpha value is -0.260. The summed E-state index contributed by atoms with van der Waals surface area (Å²) in [4.78, 5) is 0. The third-order valence-corrected chi connectivity index (χ3v) is 3.99. The Morgan fingerprint density at radius 1 is 1.39 bits per heavy atom. The number of hydrogen-bond donors (Lipinski definition) is 1.